The summed E-state index contributed by atoms with van der Waals surface area (Å²) in [6.45, 7) is 1.99. The van der Waals surface area contributed by atoms with Crippen LogP contribution >= 0.6 is 0 Å². The predicted molar refractivity (Wildman–Crippen MR) is 48.5 cm³/mol. The van der Waals surface area contributed by atoms with Crippen LogP contribution in [0.25, 0.3) is 6.08 Å². The lowest BCUT2D eigenvalue weighted by molar-refractivity contribution is 1.30. The van der Waals surface area contributed by atoms with E-state index in [2.05, 4.69) is 10.3 Å². The van der Waals surface area contributed by atoms with Gasteiger partial charge in [0.05, 0.1) is 0 Å². The van der Waals surface area contributed by atoms with Crippen LogP contribution in [0.4, 0.5) is 5.69 Å². The summed E-state index contributed by atoms with van der Waals surface area (Å²) in [5.41, 5.74) is 2.23. The van der Waals surface area contributed by atoms with Gasteiger partial charge in [-0.25, -0.2) is 0 Å². The van der Waals surface area contributed by atoms with Crippen molar-refractivity contribution in [3.8, 4) is 0 Å². The van der Waals surface area contributed by atoms with Crippen LogP contribution in [0.1, 0.15) is 12.5 Å². The highest BCUT2D eigenvalue weighted by atomic mass is 14.8. The summed E-state index contributed by atoms with van der Waals surface area (Å²) in [7, 11) is 1.91. The Labute approximate surface area is 67.0 Å². The number of hydrogen-bond donors (Lipinski definition) is 1. The maximum Gasteiger partial charge on any atom is 0.0442 e. The molecule has 0 saturated carbocycles. The van der Waals surface area contributed by atoms with Gasteiger partial charge in [0.1, 0.15) is 0 Å². The highest BCUT2D eigenvalue weighted by Crippen LogP contribution is 2.13. The van der Waals surface area contributed by atoms with E-state index in [4.69, 9.17) is 0 Å². The van der Waals surface area contributed by atoms with Gasteiger partial charge < -0.3 is 5.32 Å². The van der Waals surface area contributed by atoms with Crippen LogP contribution in [0.5, 0.6) is 0 Å². The molecule has 11 heavy (non-hydrogen) atoms. The van der Waals surface area contributed by atoms with Crippen molar-refractivity contribution in [1.29, 1.82) is 0 Å². The van der Waals surface area contributed by atoms with Crippen molar-refractivity contribution < 1.29 is 0 Å². The van der Waals surface area contributed by atoms with E-state index in [9.17, 15) is 0 Å². The van der Waals surface area contributed by atoms with E-state index in [-0.39, 0.29) is 0 Å². The van der Waals surface area contributed by atoms with Gasteiger partial charge in [0.15, 0.2) is 0 Å². The number of allylic oxidation sites excluding steroid dienone is 1. The molecule has 2 heteroatoms. The monoisotopic (exact) mass is 148 g/mol. The van der Waals surface area contributed by atoms with Gasteiger partial charge in [-0.2, -0.15) is 0 Å². The van der Waals surface area contributed by atoms with Crippen LogP contribution in [0.15, 0.2) is 24.5 Å². The molecule has 2 nitrogen and oxygen atoms in total. The Morgan fingerprint density at radius 1 is 1.55 bits per heavy atom. The number of nitrogens with one attached hydrogen (secondary N) is 1. The fourth-order valence-corrected chi connectivity index (χ4v) is 0.947. The molecule has 1 aromatic rings. The minimum Gasteiger partial charge on any atom is -0.388 e. The van der Waals surface area contributed by atoms with Crippen molar-refractivity contribution in [2.45, 2.75) is 6.92 Å². The largest absolute Gasteiger partial charge is 0.388 e. The number of aromatic nitrogens is 1. The Bertz CT molecular complexity index is 253. The lowest BCUT2D eigenvalue weighted by atomic mass is 10.2. The third kappa shape index (κ3) is 1.80. The molecule has 1 N–H and O–H groups in total. The van der Waals surface area contributed by atoms with Crippen LogP contribution in [0.3, 0.4) is 0 Å². The van der Waals surface area contributed by atoms with Crippen LogP contribution in [-0.2, 0) is 0 Å². The first kappa shape index (κ1) is 7.79. The molecular weight excluding hydrogens is 136 g/mol. The zero-order valence-corrected chi connectivity index (χ0v) is 6.83. The predicted octanol–water partition coefficient (Wildman–Crippen LogP) is 2.16. The van der Waals surface area contributed by atoms with Crippen molar-refractivity contribution in [3.05, 3.63) is 30.1 Å². The summed E-state index contributed by atoms with van der Waals surface area (Å²) in [6, 6.07) is 1.95. The number of nitrogens with zero attached hydrogens (tertiary/aromatic N) is 1. The summed E-state index contributed by atoms with van der Waals surface area (Å²) in [5.74, 6) is 0. The molecule has 1 heterocycles. The van der Waals surface area contributed by atoms with E-state index in [0.717, 1.165) is 11.3 Å². The van der Waals surface area contributed by atoms with Crippen LogP contribution in [-0.4, -0.2) is 12.0 Å². The molecule has 0 aromatic carbocycles. The van der Waals surface area contributed by atoms with Crippen molar-refractivity contribution in [1.82, 2.24) is 4.98 Å². The molecule has 0 saturated heterocycles. The quantitative estimate of drug-likeness (QED) is 0.695. The normalized spacial score (nSPS) is 10.4. The van der Waals surface area contributed by atoms with Gasteiger partial charge in [-0.3, -0.25) is 4.98 Å². The molecule has 0 radical (unpaired) electrons. The second-order valence-corrected chi connectivity index (χ2v) is 2.21. The SMILES string of the molecule is C/C=C\c1cnccc1NC. The summed E-state index contributed by atoms with van der Waals surface area (Å²) >= 11 is 0. The Kier molecular flexibility index (Phi) is 2.66. The van der Waals surface area contributed by atoms with E-state index in [0.29, 0.717) is 0 Å². The standard InChI is InChI=1S/C9H12N2/c1-3-4-8-7-11-6-5-9(8)10-2/h3-7H,1-2H3,(H,10,11)/b4-3-. The highest BCUT2D eigenvalue weighted by Gasteiger charge is 1.93. The number of anilines is 1. The lowest BCUT2D eigenvalue weighted by Gasteiger charge is -2.02. The molecule has 0 aliphatic carbocycles. The third-order valence-electron chi connectivity index (χ3n) is 1.47. The molecule has 0 atom stereocenters. The van der Waals surface area contributed by atoms with E-state index in [1.54, 1.807) is 6.20 Å². The van der Waals surface area contributed by atoms with Gasteiger partial charge in [0, 0.05) is 30.7 Å². The summed E-state index contributed by atoms with van der Waals surface area (Å²) in [4.78, 5) is 4.02. The van der Waals surface area contributed by atoms with Gasteiger partial charge in [0.2, 0.25) is 0 Å². The van der Waals surface area contributed by atoms with Crippen molar-refractivity contribution in [2.24, 2.45) is 0 Å². The Morgan fingerprint density at radius 3 is 3.00 bits per heavy atom. The molecule has 0 fully saturated rings. The van der Waals surface area contributed by atoms with Crippen molar-refractivity contribution >= 4 is 11.8 Å². The average molecular weight is 148 g/mol. The topological polar surface area (TPSA) is 24.9 Å². The smallest absolute Gasteiger partial charge is 0.0442 e. The van der Waals surface area contributed by atoms with Crippen LogP contribution < -0.4 is 5.32 Å². The Balaban J connectivity index is 3.02. The Morgan fingerprint density at radius 2 is 2.36 bits per heavy atom. The summed E-state index contributed by atoms with van der Waals surface area (Å²) in [6.07, 6.45) is 7.64. The molecule has 0 amide bonds. The zero-order valence-electron chi connectivity index (χ0n) is 6.83. The van der Waals surface area contributed by atoms with Crippen molar-refractivity contribution in [3.63, 3.8) is 0 Å². The number of pyridine rings is 1. The first-order valence-electron chi connectivity index (χ1n) is 3.63. The summed E-state index contributed by atoms with van der Waals surface area (Å²) in [5, 5.41) is 3.09. The fourth-order valence-electron chi connectivity index (χ4n) is 0.947. The maximum atomic E-state index is 4.02. The fraction of sp³-hybridized carbons (Fsp3) is 0.222. The molecule has 0 unspecified atom stereocenters. The van der Waals surface area contributed by atoms with E-state index < -0.39 is 0 Å². The van der Waals surface area contributed by atoms with E-state index in [1.807, 2.05) is 38.4 Å². The van der Waals surface area contributed by atoms with Crippen molar-refractivity contribution in [2.75, 3.05) is 12.4 Å². The van der Waals surface area contributed by atoms with Crippen LogP contribution in [0, 0.1) is 0 Å². The lowest BCUT2D eigenvalue weighted by Crippen LogP contribution is -1.91. The second kappa shape index (κ2) is 3.76. The number of rotatable bonds is 2. The second-order valence-electron chi connectivity index (χ2n) is 2.21. The number of hydrogen-bond acceptors (Lipinski definition) is 2. The minimum atomic E-state index is 1.11. The zero-order chi connectivity index (χ0) is 8.10. The minimum absolute atomic E-state index is 1.11. The maximum absolute atomic E-state index is 4.02. The molecule has 0 bridgehead atoms. The van der Waals surface area contributed by atoms with E-state index in [1.165, 1.54) is 0 Å². The van der Waals surface area contributed by atoms with Crippen LogP contribution in [0.2, 0.25) is 0 Å². The summed E-state index contributed by atoms with van der Waals surface area (Å²) < 4.78 is 0. The third-order valence-corrected chi connectivity index (χ3v) is 1.47. The first-order valence-corrected chi connectivity index (χ1v) is 3.63. The molecule has 0 aliphatic heterocycles. The molecule has 1 rings (SSSR count). The highest BCUT2D eigenvalue weighted by molar-refractivity contribution is 5.64. The molecule has 0 spiro atoms. The van der Waals surface area contributed by atoms with Gasteiger partial charge in [0.25, 0.3) is 0 Å². The van der Waals surface area contributed by atoms with Gasteiger partial charge in [-0.1, -0.05) is 12.2 Å². The molecule has 1 aromatic heterocycles. The average Bonchev–Trinajstić information content (AvgIpc) is 2.06. The van der Waals surface area contributed by atoms with Gasteiger partial charge in [-0.15, -0.1) is 0 Å². The molecular formula is C9H12N2. The van der Waals surface area contributed by atoms with Gasteiger partial charge in [-0.05, 0) is 13.0 Å². The molecule has 0 aliphatic rings. The Hall–Kier alpha value is -1.31. The molecule has 58 valence electrons. The first-order chi connectivity index (χ1) is 5.38. The van der Waals surface area contributed by atoms with Gasteiger partial charge >= 0.3 is 0 Å². The van der Waals surface area contributed by atoms with E-state index >= 15 is 0 Å².